The summed E-state index contributed by atoms with van der Waals surface area (Å²) in [5, 5.41) is 3.83. The van der Waals surface area contributed by atoms with Gasteiger partial charge in [-0.25, -0.2) is 4.98 Å². The molecule has 3 rings (SSSR count). The van der Waals surface area contributed by atoms with Gasteiger partial charge in [0.05, 0.1) is 25.8 Å². The first-order chi connectivity index (χ1) is 14.2. The van der Waals surface area contributed by atoms with Crippen molar-refractivity contribution in [2.75, 3.05) is 40.2 Å². The molecule has 1 atom stereocenters. The highest BCUT2D eigenvalue weighted by atomic mass is 19.4. The lowest BCUT2D eigenvalue weighted by atomic mass is 10.0. The number of benzene rings is 2. The zero-order chi connectivity index (χ0) is 21.9. The molecule has 0 fully saturated rings. The average Bonchev–Trinajstić information content (AvgIpc) is 2.72. The van der Waals surface area contributed by atoms with E-state index in [1.165, 1.54) is 0 Å². The maximum absolute atomic E-state index is 13.3. The van der Waals surface area contributed by atoms with E-state index in [0.717, 1.165) is 11.6 Å². The van der Waals surface area contributed by atoms with Gasteiger partial charge in [0.25, 0.3) is 0 Å². The Balaban J connectivity index is 1.94. The van der Waals surface area contributed by atoms with Crippen molar-refractivity contribution < 1.29 is 22.6 Å². The summed E-state index contributed by atoms with van der Waals surface area (Å²) in [6.45, 7) is 0.383. The van der Waals surface area contributed by atoms with Crippen molar-refractivity contribution in [3.63, 3.8) is 0 Å². The van der Waals surface area contributed by atoms with E-state index in [0.29, 0.717) is 34.6 Å². The van der Waals surface area contributed by atoms with Gasteiger partial charge in [-0.15, -0.1) is 0 Å². The number of hydrogen-bond acceptors (Lipinski definition) is 5. The minimum atomic E-state index is -4.52. The van der Waals surface area contributed by atoms with Crippen LogP contribution >= 0.6 is 0 Å². The topological polar surface area (TPSA) is 46.6 Å². The standard InChI is InChI=1S/C22H24F3N3O2/c1-28(2)18(14-9-10-19(29-3)20(11-14)30-4)13-26-17-12-21(22(23,24)25)27-16-8-6-5-7-15(16)17/h5-12,18H,13H2,1-4H3,(H,26,27)/t18-/m0/s1. The Kier molecular flexibility index (Phi) is 6.36. The lowest BCUT2D eigenvalue weighted by molar-refractivity contribution is -0.140. The highest BCUT2D eigenvalue weighted by Crippen LogP contribution is 2.34. The summed E-state index contributed by atoms with van der Waals surface area (Å²) in [4.78, 5) is 5.75. The second-order valence-corrected chi connectivity index (χ2v) is 7.04. The molecule has 8 heteroatoms. The molecule has 1 heterocycles. The van der Waals surface area contributed by atoms with E-state index in [-0.39, 0.29) is 6.04 Å². The van der Waals surface area contributed by atoms with Gasteiger partial charge in [-0.2, -0.15) is 13.2 Å². The third-order valence-corrected chi connectivity index (χ3v) is 4.91. The Morgan fingerprint density at radius 1 is 1.00 bits per heavy atom. The van der Waals surface area contributed by atoms with Gasteiger partial charge in [-0.3, -0.25) is 0 Å². The summed E-state index contributed by atoms with van der Waals surface area (Å²) < 4.78 is 50.6. The third-order valence-electron chi connectivity index (χ3n) is 4.91. The number of ether oxygens (including phenoxy) is 2. The first kappa shape index (κ1) is 21.7. The van der Waals surface area contributed by atoms with Gasteiger partial charge < -0.3 is 19.7 Å². The lowest BCUT2D eigenvalue weighted by Gasteiger charge is -2.26. The molecule has 3 aromatic rings. The molecular formula is C22H24F3N3O2. The fourth-order valence-electron chi connectivity index (χ4n) is 3.33. The van der Waals surface area contributed by atoms with Gasteiger partial charge in [0.1, 0.15) is 5.69 Å². The Bertz CT molecular complexity index is 1020. The fourth-order valence-corrected chi connectivity index (χ4v) is 3.33. The van der Waals surface area contributed by atoms with E-state index >= 15 is 0 Å². The number of nitrogens with one attached hydrogen (secondary N) is 1. The van der Waals surface area contributed by atoms with Crippen LogP contribution < -0.4 is 14.8 Å². The Morgan fingerprint density at radius 3 is 2.33 bits per heavy atom. The van der Waals surface area contributed by atoms with E-state index in [2.05, 4.69) is 10.3 Å². The highest BCUT2D eigenvalue weighted by molar-refractivity contribution is 5.91. The molecule has 0 unspecified atom stereocenters. The van der Waals surface area contributed by atoms with Gasteiger partial charge in [0.15, 0.2) is 11.5 Å². The van der Waals surface area contributed by atoms with Gasteiger partial charge >= 0.3 is 6.18 Å². The fraction of sp³-hybridized carbons (Fsp3) is 0.318. The molecule has 0 saturated heterocycles. The van der Waals surface area contributed by atoms with Crippen molar-refractivity contribution in [3.8, 4) is 11.5 Å². The van der Waals surface area contributed by atoms with Crippen LogP contribution in [0.1, 0.15) is 17.3 Å². The molecule has 0 bridgehead atoms. The van der Waals surface area contributed by atoms with Gasteiger partial charge in [-0.1, -0.05) is 24.3 Å². The molecule has 0 saturated carbocycles. The van der Waals surface area contributed by atoms with Crippen LogP contribution in [-0.4, -0.2) is 44.7 Å². The van der Waals surface area contributed by atoms with Crippen molar-refractivity contribution in [2.45, 2.75) is 12.2 Å². The minimum Gasteiger partial charge on any atom is -0.493 e. The normalized spacial score (nSPS) is 12.8. The number of aromatic nitrogens is 1. The van der Waals surface area contributed by atoms with Crippen LogP contribution in [0.5, 0.6) is 11.5 Å². The van der Waals surface area contributed by atoms with E-state index in [1.54, 1.807) is 38.5 Å². The summed E-state index contributed by atoms with van der Waals surface area (Å²) in [6, 6.07) is 13.3. The van der Waals surface area contributed by atoms with Crippen LogP contribution in [0, 0.1) is 0 Å². The Labute approximate surface area is 173 Å². The van der Waals surface area contributed by atoms with Crippen LogP contribution in [0.25, 0.3) is 10.9 Å². The summed E-state index contributed by atoms with van der Waals surface area (Å²) in [5.74, 6) is 1.21. The van der Waals surface area contributed by atoms with Crippen molar-refractivity contribution in [2.24, 2.45) is 0 Å². The van der Waals surface area contributed by atoms with Gasteiger partial charge in [-0.05, 0) is 43.9 Å². The molecule has 0 spiro atoms. The maximum Gasteiger partial charge on any atom is 0.433 e. The number of hydrogen-bond donors (Lipinski definition) is 1. The van der Waals surface area contributed by atoms with E-state index in [9.17, 15) is 13.2 Å². The summed E-state index contributed by atoms with van der Waals surface area (Å²) in [7, 11) is 6.95. The van der Waals surface area contributed by atoms with Crippen LogP contribution in [0.2, 0.25) is 0 Å². The number of rotatable bonds is 7. The van der Waals surface area contributed by atoms with Crippen LogP contribution in [-0.2, 0) is 6.18 Å². The van der Waals surface area contributed by atoms with Crippen LogP contribution in [0.4, 0.5) is 18.9 Å². The van der Waals surface area contributed by atoms with Crippen molar-refractivity contribution in [1.82, 2.24) is 9.88 Å². The molecule has 0 radical (unpaired) electrons. The van der Waals surface area contributed by atoms with E-state index in [1.807, 2.05) is 37.2 Å². The monoisotopic (exact) mass is 419 g/mol. The van der Waals surface area contributed by atoms with Crippen molar-refractivity contribution >= 4 is 16.6 Å². The zero-order valence-corrected chi connectivity index (χ0v) is 17.2. The number of fused-ring (bicyclic) bond motifs is 1. The van der Waals surface area contributed by atoms with Crippen LogP contribution in [0.15, 0.2) is 48.5 Å². The zero-order valence-electron chi connectivity index (χ0n) is 17.2. The number of halogens is 3. The molecule has 2 aromatic carbocycles. The first-order valence-corrected chi connectivity index (χ1v) is 9.33. The number of nitrogens with zero attached hydrogens (tertiary/aromatic N) is 2. The van der Waals surface area contributed by atoms with E-state index in [4.69, 9.17) is 9.47 Å². The lowest BCUT2D eigenvalue weighted by Crippen LogP contribution is -2.27. The SMILES string of the molecule is COc1ccc([C@H](CNc2cc(C(F)(F)F)nc3ccccc23)N(C)C)cc1OC. The number of anilines is 1. The van der Waals surface area contributed by atoms with Crippen molar-refractivity contribution in [1.29, 1.82) is 0 Å². The summed E-state index contributed by atoms with van der Waals surface area (Å²) >= 11 is 0. The minimum absolute atomic E-state index is 0.119. The Hall–Kier alpha value is -3.00. The van der Waals surface area contributed by atoms with Gasteiger partial charge in [0, 0.05) is 17.6 Å². The number of alkyl halides is 3. The number of likely N-dealkylation sites (N-methyl/N-ethyl adjacent to an activating group) is 1. The molecule has 1 aromatic heterocycles. The largest absolute Gasteiger partial charge is 0.493 e. The van der Waals surface area contributed by atoms with Crippen LogP contribution in [0.3, 0.4) is 0 Å². The predicted molar refractivity (Wildman–Crippen MR) is 111 cm³/mol. The molecule has 5 nitrogen and oxygen atoms in total. The van der Waals surface area contributed by atoms with E-state index < -0.39 is 11.9 Å². The van der Waals surface area contributed by atoms with Gasteiger partial charge in [0.2, 0.25) is 0 Å². The molecule has 0 aliphatic rings. The second kappa shape index (κ2) is 8.79. The van der Waals surface area contributed by atoms with Crippen molar-refractivity contribution in [3.05, 3.63) is 59.8 Å². The number of pyridine rings is 1. The summed E-state index contributed by atoms with van der Waals surface area (Å²) in [6.07, 6.45) is -4.52. The average molecular weight is 419 g/mol. The Morgan fingerprint density at radius 2 is 1.70 bits per heavy atom. The summed E-state index contributed by atoms with van der Waals surface area (Å²) in [5.41, 5.74) is 0.707. The second-order valence-electron chi connectivity index (χ2n) is 7.04. The molecule has 30 heavy (non-hydrogen) atoms. The number of para-hydroxylation sites is 1. The predicted octanol–water partition coefficient (Wildman–Crippen LogP) is 4.99. The molecule has 0 aliphatic carbocycles. The maximum atomic E-state index is 13.3. The number of methoxy groups -OCH3 is 2. The first-order valence-electron chi connectivity index (χ1n) is 9.33. The molecule has 0 aliphatic heterocycles. The third kappa shape index (κ3) is 4.59. The molecule has 1 N–H and O–H groups in total. The quantitative estimate of drug-likeness (QED) is 0.585. The molecule has 160 valence electrons. The molecule has 0 amide bonds. The molecular weight excluding hydrogens is 395 g/mol. The highest BCUT2D eigenvalue weighted by Gasteiger charge is 2.33. The smallest absolute Gasteiger partial charge is 0.433 e.